The summed E-state index contributed by atoms with van der Waals surface area (Å²) in [5, 5.41) is 4.99. The molecule has 0 radical (unpaired) electrons. The molecule has 24 heavy (non-hydrogen) atoms. The first kappa shape index (κ1) is 16.5. The fourth-order valence-electron chi connectivity index (χ4n) is 2.48. The maximum Gasteiger partial charge on any atom is 0.236 e. The molecule has 0 aliphatic heterocycles. The van der Waals surface area contributed by atoms with Gasteiger partial charge in [-0.25, -0.2) is 4.98 Å². The highest BCUT2D eigenvalue weighted by Crippen LogP contribution is 2.26. The van der Waals surface area contributed by atoms with Gasteiger partial charge in [0.05, 0.1) is 23.0 Å². The fourth-order valence-corrected chi connectivity index (χ4v) is 3.13. The summed E-state index contributed by atoms with van der Waals surface area (Å²) in [5.74, 6) is 1.21. The third-order valence-electron chi connectivity index (χ3n) is 3.91. The Morgan fingerprint density at radius 2 is 2.00 bits per heavy atom. The van der Waals surface area contributed by atoms with Gasteiger partial charge in [-0.3, -0.25) is 4.79 Å². The molecule has 4 nitrogen and oxygen atoms in total. The van der Waals surface area contributed by atoms with Crippen molar-refractivity contribution in [2.75, 3.05) is 0 Å². The number of aromatic nitrogens is 1. The summed E-state index contributed by atoms with van der Waals surface area (Å²) >= 11 is 1.57. The maximum atomic E-state index is 12.3. The number of carbonyl (C=O) groups is 1. The zero-order chi connectivity index (χ0) is 17.1. The van der Waals surface area contributed by atoms with Gasteiger partial charge in [0.15, 0.2) is 0 Å². The molecule has 1 N–H and O–H groups in total. The molecule has 0 aliphatic carbocycles. The molecule has 1 unspecified atom stereocenters. The van der Waals surface area contributed by atoms with E-state index in [0.717, 1.165) is 10.4 Å². The molecule has 5 heteroatoms. The molecule has 0 aliphatic rings. The van der Waals surface area contributed by atoms with E-state index in [-0.39, 0.29) is 18.4 Å². The largest absolute Gasteiger partial charge is 0.440 e. The normalized spacial score (nSPS) is 12.1. The minimum atomic E-state index is -0.0581. The van der Waals surface area contributed by atoms with Crippen molar-refractivity contribution in [3.05, 3.63) is 64.4 Å². The fraction of sp³-hybridized carbons (Fsp3) is 0.263. The van der Waals surface area contributed by atoms with Crippen LogP contribution in [0.4, 0.5) is 0 Å². The van der Waals surface area contributed by atoms with E-state index >= 15 is 0 Å². The van der Waals surface area contributed by atoms with E-state index in [1.54, 1.807) is 11.3 Å². The summed E-state index contributed by atoms with van der Waals surface area (Å²) in [7, 11) is 0. The van der Waals surface area contributed by atoms with E-state index in [1.807, 2.05) is 62.5 Å². The number of rotatable bonds is 5. The molecule has 1 amide bonds. The third-order valence-corrected chi connectivity index (χ3v) is 4.77. The summed E-state index contributed by atoms with van der Waals surface area (Å²) in [6, 6.07) is 12.0. The number of benzene rings is 1. The van der Waals surface area contributed by atoms with Gasteiger partial charge in [-0.15, -0.1) is 11.3 Å². The highest BCUT2D eigenvalue weighted by atomic mass is 32.1. The topological polar surface area (TPSA) is 55.1 Å². The van der Waals surface area contributed by atoms with Gasteiger partial charge in [0.1, 0.15) is 5.76 Å². The Kier molecular flexibility index (Phi) is 4.81. The molecule has 2 aromatic heterocycles. The standard InChI is InChI=1S/C19H20N2O2S/c1-12-6-8-15(9-7-12)13(2)20-18(22)11-16-14(3)23-19(21-16)17-5-4-10-24-17/h4-10,13H,11H2,1-3H3,(H,20,22). The average molecular weight is 340 g/mol. The Bertz CT molecular complexity index is 820. The van der Waals surface area contributed by atoms with Crippen LogP contribution < -0.4 is 5.32 Å². The monoisotopic (exact) mass is 340 g/mol. The van der Waals surface area contributed by atoms with Gasteiger partial charge >= 0.3 is 0 Å². The maximum absolute atomic E-state index is 12.3. The second-order valence-corrected chi connectivity index (χ2v) is 6.82. The number of nitrogens with one attached hydrogen (secondary N) is 1. The Labute approximate surface area is 145 Å². The van der Waals surface area contributed by atoms with Gasteiger partial charge < -0.3 is 9.73 Å². The minimum Gasteiger partial charge on any atom is -0.440 e. The predicted molar refractivity (Wildman–Crippen MR) is 96.0 cm³/mol. The lowest BCUT2D eigenvalue weighted by molar-refractivity contribution is -0.121. The van der Waals surface area contributed by atoms with Gasteiger partial charge in [-0.05, 0) is 37.8 Å². The molecule has 124 valence electrons. The first-order valence-corrected chi connectivity index (χ1v) is 8.77. The molecule has 1 aromatic carbocycles. The Hall–Kier alpha value is -2.40. The Morgan fingerprint density at radius 1 is 1.25 bits per heavy atom. The highest BCUT2D eigenvalue weighted by Gasteiger charge is 2.16. The van der Waals surface area contributed by atoms with Crippen LogP contribution in [0.15, 0.2) is 46.2 Å². The lowest BCUT2D eigenvalue weighted by Crippen LogP contribution is -2.28. The van der Waals surface area contributed by atoms with Crippen LogP contribution in [-0.4, -0.2) is 10.9 Å². The molecule has 0 saturated carbocycles. The van der Waals surface area contributed by atoms with Crippen molar-refractivity contribution in [3.63, 3.8) is 0 Å². The number of carbonyl (C=O) groups excluding carboxylic acids is 1. The van der Waals surface area contributed by atoms with Crippen LogP contribution in [0.25, 0.3) is 10.8 Å². The van der Waals surface area contributed by atoms with Gasteiger partial charge in [0.25, 0.3) is 0 Å². The van der Waals surface area contributed by atoms with Crippen LogP contribution in [-0.2, 0) is 11.2 Å². The number of nitrogens with zero attached hydrogens (tertiary/aromatic N) is 1. The van der Waals surface area contributed by atoms with Crippen molar-refractivity contribution < 1.29 is 9.21 Å². The van der Waals surface area contributed by atoms with E-state index in [9.17, 15) is 4.79 Å². The van der Waals surface area contributed by atoms with Crippen LogP contribution in [0.5, 0.6) is 0 Å². The quantitative estimate of drug-likeness (QED) is 0.747. The smallest absolute Gasteiger partial charge is 0.236 e. The predicted octanol–water partition coefficient (Wildman–Crippen LogP) is 4.44. The lowest BCUT2D eigenvalue weighted by Gasteiger charge is -2.14. The first-order valence-electron chi connectivity index (χ1n) is 7.89. The highest BCUT2D eigenvalue weighted by molar-refractivity contribution is 7.13. The van der Waals surface area contributed by atoms with Crippen molar-refractivity contribution in [1.29, 1.82) is 0 Å². The van der Waals surface area contributed by atoms with Crippen molar-refractivity contribution in [2.24, 2.45) is 0 Å². The van der Waals surface area contributed by atoms with Gasteiger partial charge in [0.2, 0.25) is 11.8 Å². The zero-order valence-corrected chi connectivity index (χ0v) is 14.8. The van der Waals surface area contributed by atoms with Crippen molar-refractivity contribution in [1.82, 2.24) is 10.3 Å². The molecule has 0 spiro atoms. The van der Waals surface area contributed by atoms with Gasteiger partial charge in [-0.2, -0.15) is 0 Å². The van der Waals surface area contributed by atoms with Crippen LogP contribution >= 0.6 is 11.3 Å². The minimum absolute atomic E-state index is 0.0397. The summed E-state index contributed by atoms with van der Waals surface area (Å²) in [6.45, 7) is 5.87. The Balaban J connectivity index is 1.65. The number of hydrogen-bond acceptors (Lipinski definition) is 4. The molecule has 0 saturated heterocycles. The third kappa shape index (κ3) is 3.74. The number of aryl methyl sites for hydroxylation is 2. The van der Waals surface area contributed by atoms with Crippen LogP contribution in [0, 0.1) is 13.8 Å². The van der Waals surface area contributed by atoms with Crippen LogP contribution in [0.2, 0.25) is 0 Å². The van der Waals surface area contributed by atoms with Gasteiger partial charge in [-0.1, -0.05) is 35.9 Å². The molecular formula is C19H20N2O2S. The summed E-state index contributed by atoms with van der Waals surface area (Å²) in [6.07, 6.45) is 0.219. The van der Waals surface area contributed by atoms with Crippen molar-refractivity contribution >= 4 is 17.2 Å². The second-order valence-electron chi connectivity index (χ2n) is 5.88. The van der Waals surface area contributed by atoms with Crippen molar-refractivity contribution in [3.8, 4) is 10.8 Å². The molecule has 1 atom stereocenters. The Morgan fingerprint density at radius 3 is 2.67 bits per heavy atom. The SMILES string of the molecule is Cc1ccc(C(C)NC(=O)Cc2nc(-c3cccs3)oc2C)cc1. The molecule has 0 fully saturated rings. The van der Waals surface area contributed by atoms with E-state index < -0.39 is 0 Å². The number of hydrogen-bond donors (Lipinski definition) is 1. The van der Waals surface area contributed by atoms with E-state index in [4.69, 9.17) is 4.42 Å². The number of thiophene rings is 1. The van der Waals surface area contributed by atoms with Crippen LogP contribution in [0.1, 0.15) is 35.5 Å². The van der Waals surface area contributed by atoms with E-state index in [2.05, 4.69) is 10.3 Å². The number of amides is 1. The lowest BCUT2D eigenvalue weighted by atomic mass is 10.1. The van der Waals surface area contributed by atoms with Gasteiger partial charge in [0, 0.05) is 0 Å². The summed E-state index contributed by atoms with van der Waals surface area (Å²) < 4.78 is 5.68. The van der Waals surface area contributed by atoms with E-state index in [0.29, 0.717) is 17.3 Å². The molecule has 0 bridgehead atoms. The average Bonchev–Trinajstić information content (AvgIpc) is 3.18. The second kappa shape index (κ2) is 7.01. The number of oxazole rings is 1. The molecule has 3 rings (SSSR count). The van der Waals surface area contributed by atoms with Crippen LogP contribution in [0.3, 0.4) is 0 Å². The zero-order valence-electron chi connectivity index (χ0n) is 14.0. The molecule has 3 aromatic rings. The summed E-state index contributed by atoms with van der Waals surface area (Å²) in [4.78, 5) is 17.8. The van der Waals surface area contributed by atoms with Crippen molar-refractivity contribution in [2.45, 2.75) is 33.2 Å². The first-order chi connectivity index (χ1) is 11.5. The molecular weight excluding hydrogens is 320 g/mol. The molecule has 2 heterocycles. The summed E-state index contributed by atoms with van der Waals surface area (Å²) in [5.41, 5.74) is 2.98. The van der Waals surface area contributed by atoms with E-state index in [1.165, 1.54) is 5.56 Å².